The van der Waals surface area contributed by atoms with Gasteiger partial charge in [-0.2, -0.15) is 4.98 Å². The Bertz CT molecular complexity index is 798. The fourth-order valence-corrected chi connectivity index (χ4v) is 3.50. The number of sulfonamides is 1. The molecule has 2 N–H and O–H groups in total. The van der Waals surface area contributed by atoms with E-state index in [4.69, 9.17) is 11.6 Å². The first-order valence-electron chi connectivity index (χ1n) is 6.80. The highest BCUT2D eigenvalue weighted by atomic mass is 35.5. The van der Waals surface area contributed by atoms with E-state index in [1.54, 1.807) is 6.20 Å². The predicted octanol–water partition coefficient (Wildman–Crippen LogP) is 0.924. The minimum atomic E-state index is -3.13. The number of nitrogens with zero attached hydrogens (tertiary/aromatic N) is 4. The normalized spacial score (nSPS) is 17.9. The van der Waals surface area contributed by atoms with E-state index < -0.39 is 10.0 Å². The second-order valence-electron chi connectivity index (χ2n) is 5.30. The zero-order valence-corrected chi connectivity index (χ0v) is 13.5. The number of anilines is 1. The molecule has 22 heavy (non-hydrogen) atoms. The van der Waals surface area contributed by atoms with Crippen molar-refractivity contribution in [2.24, 2.45) is 0 Å². The summed E-state index contributed by atoms with van der Waals surface area (Å²) in [6.45, 7) is 0.946. The number of rotatable bonds is 3. The van der Waals surface area contributed by atoms with Crippen LogP contribution in [0.5, 0.6) is 5.75 Å². The Balaban J connectivity index is 1.71. The van der Waals surface area contributed by atoms with Crippen molar-refractivity contribution in [3.63, 3.8) is 0 Å². The fourth-order valence-electron chi connectivity index (χ4n) is 2.49. The van der Waals surface area contributed by atoms with Gasteiger partial charge in [-0.3, -0.25) is 0 Å². The van der Waals surface area contributed by atoms with Crippen LogP contribution in [0.4, 0.5) is 5.95 Å². The number of hydrogen-bond donors (Lipinski definition) is 2. The molecule has 2 aromatic rings. The van der Waals surface area contributed by atoms with Crippen LogP contribution in [0.15, 0.2) is 12.3 Å². The molecule has 1 saturated heterocycles. The molecule has 0 amide bonds. The van der Waals surface area contributed by atoms with Gasteiger partial charge < -0.3 is 10.4 Å². The van der Waals surface area contributed by atoms with Gasteiger partial charge in [-0.1, -0.05) is 11.6 Å². The Hall–Kier alpha value is -1.58. The average molecular weight is 346 g/mol. The zero-order chi connectivity index (χ0) is 15.9. The third-order valence-electron chi connectivity index (χ3n) is 3.69. The number of nitrogens with one attached hydrogen (secondary N) is 1. The fraction of sp³-hybridized carbons (Fsp3) is 0.500. The van der Waals surface area contributed by atoms with Gasteiger partial charge in [-0.25, -0.2) is 17.2 Å². The molecule has 0 bridgehead atoms. The van der Waals surface area contributed by atoms with Gasteiger partial charge in [0, 0.05) is 25.3 Å². The number of pyridine rings is 1. The first kappa shape index (κ1) is 15.3. The molecule has 3 heterocycles. The molecule has 8 nitrogen and oxygen atoms in total. The van der Waals surface area contributed by atoms with Gasteiger partial charge in [0.1, 0.15) is 0 Å². The highest BCUT2D eigenvalue weighted by Gasteiger charge is 2.25. The lowest BCUT2D eigenvalue weighted by Gasteiger charge is -2.30. The largest absolute Gasteiger partial charge is 0.503 e. The molecule has 0 atom stereocenters. The van der Waals surface area contributed by atoms with Crippen molar-refractivity contribution in [1.29, 1.82) is 0 Å². The Morgan fingerprint density at radius 3 is 2.73 bits per heavy atom. The quantitative estimate of drug-likeness (QED) is 0.858. The molecule has 1 aliphatic heterocycles. The molecule has 120 valence electrons. The molecular formula is C12H16ClN5O3S. The zero-order valence-electron chi connectivity index (χ0n) is 11.9. The molecule has 0 spiro atoms. The molecule has 1 fully saturated rings. The number of hydrogen-bond acceptors (Lipinski definition) is 6. The summed E-state index contributed by atoms with van der Waals surface area (Å²) < 4.78 is 25.9. The minimum Gasteiger partial charge on any atom is -0.503 e. The summed E-state index contributed by atoms with van der Waals surface area (Å²) in [4.78, 5) is 4.21. The standard InChI is InChI=1S/C12H16ClN5O3S/c1-22(20,21)17-5-2-8(3-6-17)14-12-15-11-10(19)9(13)4-7-18(11)16-12/h4,7-8,19H,2-3,5-6H2,1H3,(H,14,16). The topological polar surface area (TPSA) is 99.8 Å². The molecule has 0 aliphatic carbocycles. The second kappa shape index (κ2) is 5.56. The molecular weight excluding hydrogens is 330 g/mol. The lowest BCUT2D eigenvalue weighted by atomic mass is 10.1. The first-order chi connectivity index (χ1) is 10.3. The molecule has 1 aliphatic rings. The van der Waals surface area contributed by atoms with E-state index in [1.807, 2.05) is 0 Å². The number of fused-ring (bicyclic) bond motifs is 1. The molecule has 3 rings (SSSR count). The van der Waals surface area contributed by atoms with E-state index in [-0.39, 0.29) is 22.5 Å². The summed E-state index contributed by atoms with van der Waals surface area (Å²) in [6.07, 6.45) is 4.18. The van der Waals surface area contributed by atoms with E-state index in [0.717, 1.165) is 0 Å². The van der Waals surface area contributed by atoms with Gasteiger partial charge in [0.2, 0.25) is 21.6 Å². The third kappa shape index (κ3) is 2.96. The molecule has 2 aromatic heterocycles. The van der Waals surface area contributed by atoms with Crippen LogP contribution < -0.4 is 5.32 Å². The highest BCUT2D eigenvalue weighted by Crippen LogP contribution is 2.27. The lowest BCUT2D eigenvalue weighted by molar-refractivity contribution is 0.331. The lowest BCUT2D eigenvalue weighted by Crippen LogP contribution is -2.41. The van der Waals surface area contributed by atoms with Crippen LogP contribution in [0.1, 0.15) is 12.8 Å². The van der Waals surface area contributed by atoms with Crippen LogP contribution in [0.2, 0.25) is 5.02 Å². The summed E-state index contributed by atoms with van der Waals surface area (Å²) in [7, 11) is -3.13. The molecule has 0 aromatic carbocycles. The van der Waals surface area contributed by atoms with Crippen molar-refractivity contribution in [3.8, 4) is 5.75 Å². The van der Waals surface area contributed by atoms with Gasteiger partial charge in [-0.15, -0.1) is 5.10 Å². The smallest absolute Gasteiger partial charge is 0.243 e. The molecule has 10 heteroatoms. The van der Waals surface area contributed by atoms with E-state index in [0.29, 0.717) is 31.9 Å². The summed E-state index contributed by atoms with van der Waals surface area (Å²) in [6, 6.07) is 1.63. The van der Waals surface area contributed by atoms with Crippen LogP contribution >= 0.6 is 11.6 Å². The van der Waals surface area contributed by atoms with Crippen molar-refractivity contribution in [2.75, 3.05) is 24.7 Å². The Labute approximate surface area is 132 Å². The Morgan fingerprint density at radius 2 is 2.09 bits per heavy atom. The van der Waals surface area contributed by atoms with Crippen molar-refractivity contribution in [2.45, 2.75) is 18.9 Å². The van der Waals surface area contributed by atoms with Gasteiger partial charge in [-0.05, 0) is 18.9 Å². The van der Waals surface area contributed by atoms with Crippen LogP contribution in [0.3, 0.4) is 0 Å². The highest BCUT2D eigenvalue weighted by molar-refractivity contribution is 7.88. The molecule has 0 saturated carbocycles. The van der Waals surface area contributed by atoms with Crippen molar-refractivity contribution in [3.05, 3.63) is 17.3 Å². The molecule has 0 unspecified atom stereocenters. The van der Waals surface area contributed by atoms with Crippen LogP contribution in [-0.2, 0) is 10.0 Å². The Morgan fingerprint density at radius 1 is 1.41 bits per heavy atom. The van der Waals surface area contributed by atoms with Crippen molar-refractivity contribution < 1.29 is 13.5 Å². The maximum atomic E-state index is 11.5. The number of aromatic nitrogens is 3. The van der Waals surface area contributed by atoms with Gasteiger partial charge >= 0.3 is 0 Å². The monoisotopic (exact) mass is 345 g/mol. The van der Waals surface area contributed by atoms with Gasteiger partial charge in [0.05, 0.1) is 11.3 Å². The van der Waals surface area contributed by atoms with E-state index in [1.165, 1.54) is 21.1 Å². The predicted molar refractivity (Wildman–Crippen MR) is 82.7 cm³/mol. The summed E-state index contributed by atoms with van der Waals surface area (Å²) >= 11 is 5.83. The van der Waals surface area contributed by atoms with Gasteiger partial charge in [0.25, 0.3) is 0 Å². The second-order valence-corrected chi connectivity index (χ2v) is 7.69. The summed E-state index contributed by atoms with van der Waals surface area (Å²) in [5.41, 5.74) is 0.281. The van der Waals surface area contributed by atoms with Gasteiger partial charge in [0.15, 0.2) is 5.75 Å². The van der Waals surface area contributed by atoms with E-state index in [9.17, 15) is 13.5 Å². The maximum absolute atomic E-state index is 11.5. The Kier molecular flexibility index (Phi) is 3.87. The third-order valence-corrected chi connectivity index (χ3v) is 5.30. The maximum Gasteiger partial charge on any atom is 0.243 e. The number of halogens is 1. The van der Waals surface area contributed by atoms with E-state index >= 15 is 0 Å². The van der Waals surface area contributed by atoms with Crippen LogP contribution in [0.25, 0.3) is 5.65 Å². The van der Waals surface area contributed by atoms with E-state index in [2.05, 4.69) is 15.4 Å². The van der Waals surface area contributed by atoms with Crippen molar-refractivity contribution in [1.82, 2.24) is 18.9 Å². The summed E-state index contributed by atoms with van der Waals surface area (Å²) in [5, 5.41) is 17.5. The minimum absolute atomic E-state index is 0.0908. The van der Waals surface area contributed by atoms with Crippen molar-refractivity contribution >= 4 is 33.2 Å². The van der Waals surface area contributed by atoms with Crippen LogP contribution in [0, 0.1) is 0 Å². The first-order valence-corrected chi connectivity index (χ1v) is 9.03. The number of aromatic hydroxyl groups is 1. The molecule has 0 radical (unpaired) electrons. The SMILES string of the molecule is CS(=O)(=O)N1CCC(Nc2nc3c(O)c(Cl)ccn3n2)CC1. The summed E-state index contributed by atoms with van der Waals surface area (Å²) in [5.74, 6) is 0.270. The number of piperidine rings is 1. The van der Waals surface area contributed by atoms with Crippen LogP contribution in [-0.4, -0.2) is 57.8 Å². The average Bonchev–Trinajstić information content (AvgIpc) is 2.86.